The van der Waals surface area contributed by atoms with Gasteiger partial charge in [0, 0.05) is 24.0 Å². The van der Waals surface area contributed by atoms with Crippen LogP contribution in [0.3, 0.4) is 0 Å². The lowest BCUT2D eigenvalue weighted by molar-refractivity contribution is 0.415. The number of nitrogens with zero attached hydrogens (tertiary/aromatic N) is 2. The van der Waals surface area contributed by atoms with E-state index in [1.54, 1.807) is 18.4 Å². The SMILES string of the molecule is COc1ccc(NC(N)=NCCc2csc(C)n2)cc1.I. The number of guanidine groups is 1. The molecule has 0 aliphatic rings. The number of hydrogen-bond acceptors (Lipinski definition) is 4. The summed E-state index contributed by atoms with van der Waals surface area (Å²) in [6.07, 6.45) is 0.801. The molecule has 0 saturated heterocycles. The fourth-order valence-corrected chi connectivity index (χ4v) is 2.32. The van der Waals surface area contributed by atoms with Crippen molar-refractivity contribution in [1.29, 1.82) is 0 Å². The van der Waals surface area contributed by atoms with Crippen LogP contribution in [0.5, 0.6) is 5.75 Å². The minimum atomic E-state index is 0. The molecule has 0 spiro atoms. The fraction of sp³-hybridized carbons (Fsp3) is 0.286. The van der Waals surface area contributed by atoms with Crippen LogP contribution in [-0.4, -0.2) is 24.6 Å². The second kappa shape index (κ2) is 8.83. The molecule has 0 radical (unpaired) electrons. The van der Waals surface area contributed by atoms with Gasteiger partial charge in [0.25, 0.3) is 0 Å². The van der Waals surface area contributed by atoms with Crippen molar-refractivity contribution >= 4 is 47.0 Å². The molecule has 21 heavy (non-hydrogen) atoms. The molecule has 2 rings (SSSR count). The molecule has 0 saturated carbocycles. The minimum Gasteiger partial charge on any atom is -0.497 e. The Hall–Kier alpha value is -1.35. The lowest BCUT2D eigenvalue weighted by atomic mass is 10.3. The van der Waals surface area contributed by atoms with Crippen LogP contribution in [0.15, 0.2) is 34.6 Å². The highest BCUT2D eigenvalue weighted by Crippen LogP contribution is 2.14. The van der Waals surface area contributed by atoms with Gasteiger partial charge in [-0.25, -0.2) is 4.98 Å². The molecular weight excluding hydrogens is 399 g/mol. The third-order valence-electron chi connectivity index (χ3n) is 2.68. The maximum Gasteiger partial charge on any atom is 0.193 e. The number of thiazole rings is 1. The zero-order valence-corrected chi connectivity index (χ0v) is 15.1. The van der Waals surface area contributed by atoms with Crippen LogP contribution in [0.4, 0.5) is 5.69 Å². The first-order chi connectivity index (χ1) is 9.67. The summed E-state index contributed by atoms with van der Waals surface area (Å²) in [6, 6.07) is 7.53. The summed E-state index contributed by atoms with van der Waals surface area (Å²) in [4.78, 5) is 8.67. The van der Waals surface area contributed by atoms with E-state index >= 15 is 0 Å². The van der Waals surface area contributed by atoms with Crippen molar-refractivity contribution in [3.63, 3.8) is 0 Å². The normalized spacial score (nSPS) is 10.9. The molecular formula is C14H19IN4OS. The van der Waals surface area contributed by atoms with Crippen LogP contribution in [0.2, 0.25) is 0 Å². The van der Waals surface area contributed by atoms with E-state index in [-0.39, 0.29) is 24.0 Å². The van der Waals surface area contributed by atoms with Crippen LogP contribution in [0, 0.1) is 6.92 Å². The van der Waals surface area contributed by atoms with Crippen LogP contribution >= 0.6 is 35.3 Å². The summed E-state index contributed by atoms with van der Waals surface area (Å²) in [7, 11) is 1.64. The van der Waals surface area contributed by atoms with Gasteiger partial charge < -0.3 is 15.8 Å². The summed E-state index contributed by atoms with van der Waals surface area (Å²) < 4.78 is 5.09. The topological polar surface area (TPSA) is 72.5 Å². The number of halogens is 1. The summed E-state index contributed by atoms with van der Waals surface area (Å²) in [5, 5.41) is 6.17. The van der Waals surface area contributed by atoms with Crippen molar-refractivity contribution in [3.8, 4) is 5.75 Å². The smallest absolute Gasteiger partial charge is 0.193 e. The number of ether oxygens (including phenoxy) is 1. The van der Waals surface area contributed by atoms with Gasteiger partial charge in [0.15, 0.2) is 5.96 Å². The maximum atomic E-state index is 5.84. The van der Waals surface area contributed by atoms with E-state index in [2.05, 4.69) is 20.7 Å². The van der Waals surface area contributed by atoms with Gasteiger partial charge in [0.2, 0.25) is 0 Å². The monoisotopic (exact) mass is 418 g/mol. The average molecular weight is 418 g/mol. The van der Waals surface area contributed by atoms with Gasteiger partial charge in [-0.3, -0.25) is 4.99 Å². The molecule has 0 amide bonds. The molecule has 2 aromatic rings. The molecule has 1 heterocycles. The Bertz CT molecular complexity index is 583. The molecule has 1 aromatic carbocycles. The van der Waals surface area contributed by atoms with Crippen molar-refractivity contribution < 1.29 is 4.74 Å². The second-order valence-electron chi connectivity index (χ2n) is 4.23. The molecule has 0 atom stereocenters. The summed E-state index contributed by atoms with van der Waals surface area (Å²) in [5.74, 6) is 1.21. The van der Waals surface area contributed by atoms with Gasteiger partial charge in [-0.2, -0.15) is 0 Å². The second-order valence-corrected chi connectivity index (χ2v) is 5.29. The number of nitrogens with one attached hydrogen (secondary N) is 1. The molecule has 0 unspecified atom stereocenters. The van der Waals surface area contributed by atoms with Gasteiger partial charge in [-0.15, -0.1) is 35.3 Å². The van der Waals surface area contributed by atoms with Crippen molar-refractivity contribution in [2.24, 2.45) is 10.7 Å². The first-order valence-electron chi connectivity index (χ1n) is 6.29. The van der Waals surface area contributed by atoms with E-state index in [1.165, 1.54) is 0 Å². The molecule has 5 nitrogen and oxygen atoms in total. The number of aliphatic imine (C=N–C) groups is 1. The Labute approximate surface area is 145 Å². The lowest BCUT2D eigenvalue weighted by Crippen LogP contribution is -2.23. The van der Waals surface area contributed by atoms with Gasteiger partial charge in [-0.05, 0) is 31.2 Å². The van der Waals surface area contributed by atoms with Gasteiger partial charge in [-0.1, -0.05) is 0 Å². The van der Waals surface area contributed by atoms with Gasteiger partial charge in [0.1, 0.15) is 5.75 Å². The number of aromatic nitrogens is 1. The van der Waals surface area contributed by atoms with E-state index in [1.807, 2.05) is 31.2 Å². The van der Waals surface area contributed by atoms with E-state index < -0.39 is 0 Å². The van der Waals surface area contributed by atoms with Crippen molar-refractivity contribution in [3.05, 3.63) is 40.3 Å². The van der Waals surface area contributed by atoms with Crippen LogP contribution in [-0.2, 0) is 6.42 Å². The third kappa shape index (κ3) is 5.88. The fourth-order valence-electron chi connectivity index (χ4n) is 1.68. The molecule has 1 aromatic heterocycles. The molecule has 0 fully saturated rings. The maximum absolute atomic E-state index is 5.84. The standard InChI is InChI=1S/C14H18N4OS.HI/c1-10-17-12(9-20-10)7-8-16-14(15)18-11-3-5-13(19-2)6-4-11;/h3-6,9H,7-8H2,1-2H3,(H3,15,16,18);1H. The van der Waals surface area contributed by atoms with E-state index in [0.29, 0.717) is 12.5 Å². The Morgan fingerprint density at radius 3 is 2.67 bits per heavy atom. The van der Waals surface area contributed by atoms with Crippen molar-refractivity contribution in [2.45, 2.75) is 13.3 Å². The Morgan fingerprint density at radius 2 is 2.10 bits per heavy atom. The number of aryl methyl sites for hydroxylation is 1. The average Bonchev–Trinajstić information content (AvgIpc) is 2.85. The van der Waals surface area contributed by atoms with Crippen LogP contribution in [0.25, 0.3) is 0 Å². The number of anilines is 1. The Kier molecular flexibility index (Phi) is 7.44. The summed E-state index contributed by atoms with van der Waals surface area (Å²) in [6.45, 7) is 2.62. The highest BCUT2D eigenvalue weighted by Gasteiger charge is 1.99. The largest absolute Gasteiger partial charge is 0.497 e. The highest BCUT2D eigenvalue weighted by atomic mass is 127. The van der Waals surface area contributed by atoms with E-state index in [4.69, 9.17) is 10.5 Å². The van der Waals surface area contributed by atoms with E-state index in [9.17, 15) is 0 Å². The molecule has 114 valence electrons. The third-order valence-corrected chi connectivity index (χ3v) is 3.50. The summed E-state index contributed by atoms with van der Waals surface area (Å²) in [5.41, 5.74) is 7.78. The number of methoxy groups -OCH3 is 1. The molecule has 0 bridgehead atoms. The molecule has 7 heteroatoms. The van der Waals surface area contributed by atoms with Crippen LogP contribution in [0.1, 0.15) is 10.7 Å². The first-order valence-corrected chi connectivity index (χ1v) is 7.17. The number of hydrogen-bond donors (Lipinski definition) is 2. The molecule has 0 aliphatic carbocycles. The zero-order valence-electron chi connectivity index (χ0n) is 12.0. The van der Waals surface area contributed by atoms with Crippen molar-refractivity contribution in [1.82, 2.24) is 4.98 Å². The Morgan fingerprint density at radius 1 is 1.38 bits per heavy atom. The highest BCUT2D eigenvalue weighted by molar-refractivity contribution is 14.0. The predicted molar refractivity (Wildman–Crippen MR) is 99.1 cm³/mol. The minimum absolute atomic E-state index is 0. The number of benzene rings is 1. The van der Waals surface area contributed by atoms with Gasteiger partial charge in [0.05, 0.1) is 17.8 Å². The quantitative estimate of drug-likeness (QED) is 0.445. The molecule has 3 N–H and O–H groups in total. The predicted octanol–water partition coefficient (Wildman–Crippen LogP) is 3.05. The number of nitrogens with two attached hydrogens (primary N) is 1. The summed E-state index contributed by atoms with van der Waals surface area (Å²) >= 11 is 1.65. The van der Waals surface area contributed by atoms with Gasteiger partial charge >= 0.3 is 0 Å². The van der Waals surface area contributed by atoms with Crippen molar-refractivity contribution in [2.75, 3.05) is 19.0 Å². The zero-order chi connectivity index (χ0) is 14.4. The Balaban J connectivity index is 0.00000220. The number of rotatable bonds is 5. The lowest BCUT2D eigenvalue weighted by Gasteiger charge is -2.06. The van der Waals surface area contributed by atoms with E-state index in [0.717, 1.165) is 28.6 Å². The van der Waals surface area contributed by atoms with Crippen LogP contribution < -0.4 is 15.8 Å². The molecule has 0 aliphatic heterocycles. The first kappa shape index (κ1) is 17.7.